The molecule has 4 N–H and O–H groups in total. The molecule has 12 heteroatoms. The van der Waals surface area contributed by atoms with E-state index in [9.17, 15) is 23.0 Å². The van der Waals surface area contributed by atoms with Crippen molar-refractivity contribution >= 4 is 27.5 Å². The summed E-state index contributed by atoms with van der Waals surface area (Å²) in [7, 11) is -3.08. The van der Waals surface area contributed by atoms with E-state index >= 15 is 0 Å². The van der Waals surface area contributed by atoms with Gasteiger partial charge >= 0.3 is 0 Å². The van der Waals surface area contributed by atoms with Crippen molar-refractivity contribution in [3.8, 4) is 17.3 Å². The van der Waals surface area contributed by atoms with Crippen molar-refractivity contribution in [3.63, 3.8) is 0 Å². The van der Waals surface area contributed by atoms with Crippen LogP contribution in [0.25, 0.3) is 22.4 Å². The molecule has 1 saturated heterocycles. The van der Waals surface area contributed by atoms with Crippen LogP contribution in [0.4, 0.5) is 14.6 Å². The topological polar surface area (TPSA) is 131 Å². The van der Waals surface area contributed by atoms with Crippen molar-refractivity contribution in [1.82, 2.24) is 25.1 Å². The van der Waals surface area contributed by atoms with Crippen molar-refractivity contribution in [2.45, 2.75) is 19.3 Å². The summed E-state index contributed by atoms with van der Waals surface area (Å²) >= 11 is 0. The van der Waals surface area contributed by atoms with Crippen molar-refractivity contribution in [3.05, 3.63) is 59.6 Å². The Morgan fingerprint density at radius 2 is 1.88 bits per heavy atom. The third-order valence-corrected chi connectivity index (χ3v) is 7.28. The summed E-state index contributed by atoms with van der Waals surface area (Å²) < 4.78 is 49.7. The number of hydrogen-bond acceptors (Lipinski definition) is 8. The molecule has 1 aliphatic rings. The Kier molecular flexibility index (Phi) is 5.35. The first-order chi connectivity index (χ1) is 15.8. The molecule has 4 heterocycles. The van der Waals surface area contributed by atoms with Gasteiger partial charge in [0.15, 0.2) is 23.1 Å². The molecule has 0 atom stereocenters. The molecule has 0 saturated carbocycles. The second-order valence-electron chi connectivity index (χ2n) is 7.75. The van der Waals surface area contributed by atoms with E-state index in [1.165, 1.54) is 22.6 Å². The second-order valence-corrected chi connectivity index (χ2v) is 9.87. The van der Waals surface area contributed by atoms with Crippen molar-refractivity contribution < 1.29 is 23.0 Å². The van der Waals surface area contributed by atoms with E-state index in [-0.39, 0.29) is 40.8 Å². The number of H-pyrrole nitrogens is 1. The standard InChI is InChI=1S/C21H20F2N6O3S/c22-13-8-12(9-14(23)11-13)10-16-25-20(28-27-16)18-19(30)17-15(4-3-5-24-17)21(26-18)29-6-1-2-7-33(29,31)32/h3-5,8-9,11,30-32H,1-2,6-7,10H2,(H,25,27,28). The first kappa shape index (κ1) is 21.5. The van der Waals surface area contributed by atoms with E-state index in [1.807, 2.05) is 0 Å². The first-order valence-electron chi connectivity index (χ1n) is 10.2. The maximum absolute atomic E-state index is 13.5. The number of rotatable bonds is 4. The van der Waals surface area contributed by atoms with E-state index in [2.05, 4.69) is 25.1 Å². The maximum atomic E-state index is 13.5. The number of pyridine rings is 2. The first-order valence-corrected chi connectivity index (χ1v) is 11.9. The van der Waals surface area contributed by atoms with Crippen molar-refractivity contribution in [1.29, 1.82) is 0 Å². The largest absolute Gasteiger partial charge is 0.504 e. The number of benzene rings is 1. The monoisotopic (exact) mass is 474 g/mol. The van der Waals surface area contributed by atoms with E-state index in [0.717, 1.165) is 12.5 Å². The molecular formula is C21H20F2N6O3S. The molecule has 5 rings (SSSR count). The summed E-state index contributed by atoms with van der Waals surface area (Å²) in [6.07, 6.45) is 3.03. The van der Waals surface area contributed by atoms with Gasteiger partial charge in [-0.05, 0) is 42.7 Å². The van der Waals surface area contributed by atoms with Crippen LogP contribution in [-0.4, -0.2) is 51.7 Å². The van der Waals surface area contributed by atoms with Crippen LogP contribution in [0.2, 0.25) is 0 Å². The average Bonchev–Trinajstić information content (AvgIpc) is 3.22. The number of aromatic hydroxyl groups is 1. The molecular weight excluding hydrogens is 454 g/mol. The van der Waals surface area contributed by atoms with Gasteiger partial charge in [0.1, 0.15) is 23.0 Å². The fraction of sp³-hybridized carbons (Fsp3) is 0.238. The lowest BCUT2D eigenvalue weighted by Gasteiger charge is -2.47. The number of fused-ring (bicyclic) bond motifs is 1. The summed E-state index contributed by atoms with van der Waals surface area (Å²) in [5.41, 5.74) is 0.611. The van der Waals surface area contributed by atoms with Gasteiger partial charge in [-0.2, -0.15) is 0 Å². The zero-order valence-corrected chi connectivity index (χ0v) is 18.1. The molecule has 172 valence electrons. The second kappa shape index (κ2) is 8.21. The van der Waals surface area contributed by atoms with Gasteiger partial charge in [0.05, 0.1) is 5.75 Å². The van der Waals surface area contributed by atoms with Crippen LogP contribution >= 0.6 is 10.8 Å². The SMILES string of the molecule is Oc1c(-c2nnc(Cc3cc(F)cc(F)c3)[nH]2)nc(N2CCCCS2(O)O)c2cccnc12. The molecule has 0 amide bonds. The van der Waals surface area contributed by atoms with Crippen LogP contribution in [0.15, 0.2) is 36.5 Å². The molecule has 1 fully saturated rings. The summed E-state index contributed by atoms with van der Waals surface area (Å²) in [6.45, 7) is 0.385. The lowest BCUT2D eigenvalue weighted by molar-refractivity contribution is 0.466. The van der Waals surface area contributed by atoms with Crippen LogP contribution in [0.1, 0.15) is 24.2 Å². The Morgan fingerprint density at radius 1 is 1.09 bits per heavy atom. The van der Waals surface area contributed by atoms with E-state index in [4.69, 9.17) is 0 Å². The minimum atomic E-state index is -3.08. The third-order valence-electron chi connectivity index (χ3n) is 5.39. The molecule has 9 nitrogen and oxygen atoms in total. The van der Waals surface area contributed by atoms with Crippen molar-refractivity contribution in [2.24, 2.45) is 0 Å². The van der Waals surface area contributed by atoms with Gasteiger partial charge in [0.2, 0.25) is 0 Å². The third kappa shape index (κ3) is 4.08. The normalized spacial score (nSPS) is 16.8. The Labute approximate surface area is 188 Å². The van der Waals surface area contributed by atoms with Crippen molar-refractivity contribution in [2.75, 3.05) is 16.6 Å². The smallest absolute Gasteiger partial charge is 0.184 e. The van der Waals surface area contributed by atoms with Gasteiger partial charge in [-0.3, -0.25) is 18.4 Å². The molecule has 33 heavy (non-hydrogen) atoms. The minimum Gasteiger partial charge on any atom is -0.504 e. The number of aromatic amines is 1. The molecule has 0 radical (unpaired) electrons. The van der Waals surface area contributed by atoms with Crippen LogP contribution in [0.3, 0.4) is 0 Å². The van der Waals surface area contributed by atoms with E-state index in [0.29, 0.717) is 29.7 Å². The van der Waals surface area contributed by atoms with Gasteiger partial charge in [-0.15, -0.1) is 21.0 Å². The van der Waals surface area contributed by atoms with Gasteiger partial charge in [-0.1, -0.05) is 0 Å². The summed E-state index contributed by atoms with van der Waals surface area (Å²) in [4.78, 5) is 11.7. The highest BCUT2D eigenvalue weighted by Crippen LogP contribution is 2.51. The number of anilines is 1. The van der Waals surface area contributed by atoms with Gasteiger partial charge < -0.3 is 10.1 Å². The van der Waals surface area contributed by atoms with E-state index < -0.39 is 22.4 Å². The van der Waals surface area contributed by atoms with Gasteiger partial charge in [0.25, 0.3) is 0 Å². The fourth-order valence-electron chi connectivity index (χ4n) is 3.90. The average molecular weight is 474 g/mol. The molecule has 0 unspecified atom stereocenters. The van der Waals surface area contributed by atoms with E-state index in [1.54, 1.807) is 12.1 Å². The predicted octanol–water partition coefficient (Wildman–Crippen LogP) is 4.26. The zero-order chi connectivity index (χ0) is 23.2. The number of nitrogens with one attached hydrogen (secondary N) is 1. The lowest BCUT2D eigenvalue weighted by Crippen LogP contribution is -2.35. The fourth-order valence-corrected chi connectivity index (χ4v) is 5.55. The Morgan fingerprint density at radius 3 is 2.64 bits per heavy atom. The van der Waals surface area contributed by atoms with Crippen LogP contribution in [0, 0.1) is 11.6 Å². The lowest BCUT2D eigenvalue weighted by atomic mass is 10.1. The summed E-state index contributed by atoms with van der Waals surface area (Å²) in [5, 5.41) is 19.4. The highest BCUT2D eigenvalue weighted by molar-refractivity contribution is 8.25. The Bertz CT molecular complexity index is 1330. The number of hydrogen-bond donors (Lipinski definition) is 4. The minimum absolute atomic E-state index is 0.0288. The number of aromatic nitrogens is 5. The quantitative estimate of drug-likeness (QED) is 0.345. The number of nitrogens with zero attached hydrogens (tertiary/aromatic N) is 5. The highest BCUT2D eigenvalue weighted by atomic mass is 32.3. The Balaban J connectivity index is 1.58. The Hall–Kier alpha value is -3.35. The predicted molar refractivity (Wildman–Crippen MR) is 120 cm³/mol. The van der Waals surface area contributed by atoms with Gasteiger partial charge in [0, 0.05) is 30.6 Å². The summed E-state index contributed by atoms with van der Waals surface area (Å²) in [5.74, 6) is -0.728. The molecule has 1 aliphatic heterocycles. The molecule has 0 spiro atoms. The maximum Gasteiger partial charge on any atom is 0.184 e. The molecule has 1 aromatic carbocycles. The molecule has 4 aromatic rings. The van der Waals surface area contributed by atoms with Crippen LogP contribution in [0.5, 0.6) is 5.75 Å². The molecule has 0 bridgehead atoms. The molecule has 0 aliphatic carbocycles. The zero-order valence-electron chi connectivity index (χ0n) is 17.2. The molecule has 3 aromatic heterocycles. The number of halogens is 2. The van der Waals surface area contributed by atoms with Crippen LogP contribution < -0.4 is 4.31 Å². The van der Waals surface area contributed by atoms with Crippen LogP contribution in [-0.2, 0) is 6.42 Å². The highest BCUT2D eigenvalue weighted by Gasteiger charge is 2.31. The summed E-state index contributed by atoms with van der Waals surface area (Å²) in [6, 6.07) is 6.54. The van der Waals surface area contributed by atoms with Gasteiger partial charge in [-0.25, -0.2) is 13.8 Å².